The Morgan fingerprint density at radius 2 is 2.00 bits per heavy atom. The molecule has 2 aromatic carbocycles. The molecule has 5 nitrogen and oxygen atoms in total. The van der Waals surface area contributed by atoms with Gasteiger partial charge in [-0.05, 0) is 66.8 Å². The second kappa shape index (κ2) is 8.04. The fourth-order valence-electron chi connectivity index (χ4n) is 4.91. The monoisotopic (exact) mass is 463 g/mol. The van der Waals surface area contributed by atoms with Crippen LogP contribution in [-0.2, 0) is 13.1 Å². The summed E-state index contributed by atoms with van der Waals surface area (Å²) in [6.45, 7) is 1.91. The SMILES string of the molecule is O=c1cc(CN2Cc3cc(-n4ccc5cc(F)ccc54)cc(Cl)c3OCC2C2CC2)cc[nH]1. The van der Waals surface area contributed by atoms with E-state index in [1.54, 1.807) is 18.3 Å². The van der Waals surface area contributed by atoms with Crippen molar-refractivity contribution < 1.29 is 9.13 Å². The lowest BCUT2D eigenvalue weighted by molar-refractivity contribution is 0.121. The van der Waals surface area contributed by atoms with Crippen LogP contribution in [0.4, 0.5) is 4.39 Å². The average molecular weight is 464 g/mol. The summed E-state index contributed by atoms with van der Waals surface area (Å²) in [4.78, 5) is 16.9. The van der Waals surface area contributed by atoms with Crippen LogP contribution in [0.2, 0.25) is 5.02 Å². The molecule has 1 fully saturated rings. The standard InChI is InChI=1S/C26H23ClFN3O2/c27-22-12-21(31-8-6-18-10-20(28)3-4-23(18)31)11-19-14-30(13-16-5-7-29-25(32)9-16)24(17-1-2-17)15-33-26(19)22/h3-12,17,24H,1-2,13-15H2,(H,29,32). The molecule has 2 aliphatic rings. The number of hydrogen-bond donors (Lipinski definition) is 1. The number of benzene rings is 2. The van der Waals surface area contributed by atoms with Gasteiger partial charge in [-0.2, -0.15) is 0 Å². The van der Waals surface area contributed by atoms with Gasteiger partial charge in [0.25, 0.3) is 0 Å². The molecule has 2 aromatic heterocycles. The van der Waals surface area contributed by atoms with E-state index in [1.807, 2.05) is 29.0 Å². The van der Waals surface area contributed by atoms with Crippen molar-refractivity contribution in [2.24, 2.45) is 5.92 Å². The molecule has 0 saturated heterocycles. The van der Waals surface area contributed by atoms with Crippen molar-refractivity contribution >= 4 is 22.5 Å². The largest absolute Gasteiger partial charge is 0.490 e. The van der Waals surface area contributed by atoms with Gasteiger partial charge in [-0.1, -0.05) is 11.6 Å². The summed E-state index contributed by atoms with van der Waals surface area (Å²) in [5.41, 5.74) is 3.72. The van der Waals surface area contributed by atoms with Crippen LogP contribution < -0.4 is 10.3 Å². The Morgan fingerprint density at radius 1 is 1.12 bits per heavy atom. The molecule has 0 amide bonds. The minimum atomic E-state index is -0.255. The fraction of sp³-hybridized carbons (Fsp3) is 0.269. The maximum absolute atomic E-state index is 13.7. The molecule has 1 atom stereocenters. The highest BCUT2D eigenvalue weighted by Crippen LogP contribution is 2.41. The zero-order valence-corrected chi connectivity index (χ0v) is 18.7. The second-order valence-electron chi connectivity index (χ2n) is 8.99. The normalized spacial score (nSPS) is 18.7. The molecule has 3 heterocycles. The van der Waals surface area contributed by atoms with Crippen molar-refractivity contribution in [1.29, 1.82) is 0 Å². The molecule has 7 heteroatoms. The topological polar surface area (TPSA) is 50.3 Å². The van der Waals surface area contributed by atoms with Crippen molar-refractivity contribution in [2.75, 3.05) is 6.61 Å². The van der Waals surface area contributed by atoms with E-state index in [4.69, 9.17) is 16.3 Å². The first-order chi connectivity index (χ1) is 16.0. The number of pyridine rings is 1. The Labute approximate surface area is 195 Å². The van der Waals surface area contributed by atoms with Gasteiger partial charge in [0.05, 0.1) is 10.5 Å². The van der Waals surface area contributed by atoms with E-state index in [2.05, 4.69) is 16.0 Å². The smallest absolute Gasteiger partial charge is 0.248 e. The molecule has 1 aliphatic carbocycles. The van der Waals surface area contributed by atoms with Gasteiger partial charge in [-0.25, -0.2) is 4.39 Å². The molecule has 1 N–H and O–H groups in total. The van der Waals surface area contributed by atoms with E-state index in [0.717, 1.165) is 33.5 Å². The average Bonchev–Trinajstić information content (AvgIpc) is 3.56. The lowest BCUT2D eigenvalue weighted by Gasteiger charge is -2.29. The van der Waals surface area contributed by atoms with Crippen LogP contribution in [0.3, 0.4) is 0 Å². The van der Waals surface area contributed by atoms with Gasteiger partial charge in [-0.15, -0.1) is 0 Å². The minimum Gasteiger partial charge on any atom is -0.490 e. The van der Waals surface area contributed by atoms with Crippen LogP contribution in [0.15, 0.2) is 65.7 Å². The van der Waals surface area contributed by atoms with E-state index >= 15 is 0 Å². The number of aromatic amines is 1. The number of aromatic nitrogens is 2. The molecular weight excluding hydrogens is 441 g/mol. The first-order valence-electron chi connectivity index (χ1n) is 11.2. The van der Waals surface area contributed by atoms with Gasteiger partial charge in [-0.3, -0.25) is 9.69 Å². The molecule has 1 aliphatic heterocycles. The van der Waals surface area contributed by atoms with Crippen molar-refractivity contribution in [2.45, 2.75) is 32.0 Å². The van der Waals surface area contributed by atoms with Crippen molar-refractivity contribution in [3.63, 3.8) is 0 Å². The molecule has 6 rings (SSSR count). The maximum Gasteiger partial charge on any atom is 0.248 e. The van der Waals surface area contributed by atoms with Crippen molar-refractivity contribution in [1.82, 2.24) is 14.5 Å². The third-order valence-corrected chi connectivity index (χ3v) is 6.95. The van der Waals surface area contributed by atoms with E-state index in [1.165, 1.54) is 25.0 Å². The summed E-state index contributed by atoms with van der Waals surface area (Å²) in [5, 5.41) is 1.40. The molecular formula is C26H23ClFN3O2. The Morgan fingerprint density at radius 3 is 2.82 bits per heavy atom. The number of nitrogens with one attached hydrogen (secondary N) is 1. The van der Waals surface area contributed by atoms with Crippen molar-refractivity contribution in [3.8, 4) is 11.4 Å². The van der Waals surface area contributed by atoms with E-state index in [9.17, 15) is 9.18 Å². The Kier molecular flexibility index (Phi) is 5.00. The number of H-pyrrole nitrogens is 1. The third-order valence-electron chi connectivity index (χ3n) is 6.67. The zero-order valence-electron chi connectivity index (χ0n) is 17.9. The van der Waals surface area contributed by atoms with Crippen molar-refractivity contribution in [3.05, 3.63) is 93.2 Å². The quantitative estimate of drug-likeness (QED) is 0.447. The van der Waals surface area contributed by atoms with Gasteiger partial charge in [0.2, 0.25) is 5.56 Å². The number of halogens is 2. The second-order valence-corrected chi connectivity index (χ2v) is 9.39. The third kappa shape index (κ3) is 3.94. The Hall–Kier alpha value is -3.09. The van der Waals surface area contributed by atoms with Crippen LogP contribution in [0, 0.1) is 11.7 Å². The van der Waals surface area contributed by atoms with E-state index in [0.29, 0.717) is 30.6 Å². The summed E-state index contributed by atoms with van der Waals surface area (Å²) < 4.78 is 21.9. The number of ether oxygens (including phenoxy) is 1. The predicted octanol–water partition coefficient (Wildman–Crippen LogP) is 5.28. The van der Waals surface area contributed by atoms with Crippen LogP contribution in [0.25, 0.3) is 16.6 Å². The van der Waals surface area contributed by atoms with Crippen LogP contribution in [0.5, 0.6) is 5.75 Å². The summed E-state index contributed by atoms with van der Waals surface area (Å²) in [6.07, 6.45) is 6.02. The molecule has 0 bridgehead atoms. The maximum atomic E-state index is 13.7. The number of rotatable bonds is 4. The van der Waals surface area contributed by atoms with Gasteiger partial charge < -0.3 is 14.3 Å². The summed E-state index contributed by atoms with van der Waals surface area (Å²) in [5.74, 6) is 1.07. The van der Waals surface area contributed by atoms with Crippen LogP contribution in [0.1, 0.15) is 24.0 Å². The number of nitrogens with zero attached hydrogens (tertiary/aromatic N) is 2. The molecule has 168 valence electrons. The predicted molar refractivity (Wildman–Crippen MR) is 127 cm³/mol. The van der Waals surface area contributed by atoms with Gasteiger partial charge in [0, 0.05) is 54.2 Å². The molecule has 33 heavy (non-hydrogen) atoms. The highest BCUT2D eigenvalue weighted by molar-refractivity contribution is 6.32. The van der Waals surface area contributed by atoms with Gasteiger partial charge >= 0.3 is 0 Å². The Balaban J connectivity index is 1.39. The fourth-order valence-corrected chi connectivity index (χ4v) is 5.20. The van der Waals surface area contributed by atoms with E-state index < -0.39 is 0 Å². The highest BCUT2D eigenvalue weighted by Gasteiger charge is 2.38. The van der Waals surface area contributed by atoms with Gasteiger partial charge in [0.15, 0.2) is 0 Å². The molecule has 0 spiro atoms. The molecule has 4 aromatic rings. The summed E-state index contributed by atoms with van der Waals surface area (Å²) >= 11 is 6.72. The van der Waals surface area contributed by atoms with E-state index in [-0.39, 0.29) is 17.4 Å². The number of fused-ring (bicyclic) bond motifs is 2. The zero-order chi connectivity index (χ0) is 22.5. The van der Waals surface area contributed by atoms with Gasteiger partial charge in [0.1, 0.15) is 18.2 Å². The minimum absolute atomic E-state index is 0.0943. The first kappa shape index (κ1) is 20.5. The molecule has 0 radical (unpaired) electrons. The molecule has 1 saturated carbocycles. The van der Waals surface area contributed by atoms with Crippen LogP contribution >= 0.6 is 11.6 Å². The summed E-state index contributed by atoms with van der Waals surface area (Å²) in [7, 11) is 0. The van der Waals surface area contributed by atoms with Crippen LogP contribution in [-0.4, -0.2) is 27.1 Å². The highest BCUT2D eigenvalue weighted by atomic mass is 35.5. The number of hydrogen-bond acceptors (Lipinski definition) is 3. The first-order valence-corrected chi connectivity index (χ1v) is 11.6. The molecule has 1 unspecified atom stereocenters. The summed E-state index contributed by atoms with van der Waals surface area (Å²) in [6, 6.07) is 14.6. The Bertz CT molecular complexity index is 1410. The lowest BCUT2D eigenvalue weighted by Crippen LogP contribution is -2.38. The lowest BCUT2D eigenvalue weighted by atomic mass is 10.1.